The maximum Gasteiger partial charge on any atom is 0.187 e. The van der Waals surface area contributed by atoms with Gasteiger partial charge in [-0.3, -0.25) is 0 Å². The van der Waals surface area contributed by atoms with Gasteiger partial charge in [-0.1, -0.05) is 57.0 Å². The number of hydrogen-bond acceptors (Lipinski definition) is 4. The molecule has 0 radical (unpaired) electrons. The Morgan fingerprint density at radius 2 is 1.92 bits per heavy atom. The second-order valence-corrected chi connectivity index (χ2v) is 7.41. The second kappa shape index (κ2) is 7.52. The lowest BCUT2D eigenvalue weighted by Crippen LogP contribution is -2.37. The van der Waals surface area contributed by atoms with Gasteiger partial charge in [-0.05, 0) is 25.8 Å². The van der Waals surface area contributed by atoms with E-state index in [-0.39, 0.29) is 30.5 Å². The van der Waals surface area contributed by atoms with Gasteiger partial charge in [0.05, 0.1) is 18.8 Å². The zero-order valence-electron chi connectivity index (χ0n) is 15.2. The first-order valence-electron chi connectivity index (χ1n) is 9.17. The minimum absolute atomic E-state index is 0.00514. The molecule has 1 aromatic carbocycles. The van der Waals surface area contributed by atoms with Crippen molar-refractivity contribution in [1.82, 2.24) is 0 Å². The Balaban J connectivity index is 1.63. The normalized spacial score (nSPS) is 32.7. The van der Waals surface area contributed by atoms with Crippen molar-refractivity contribution in [3.05, 3.63) is 35.9 Å². The number of rotatable bonds is 7. The first kappa shape index (κ1) is 17.9. The lowest BCUT2D eigenvalue weighted by Gasteiger charge is -2.29. The number of hydrogen-bond donors (Lipinski definition) is 0. The molecular weight excluding hydrogens is 304 g/mol. The summed E-state index contributed by atoms with van der Waals surface area (Å²) in [6.07, 6.45) is 3.10. The van der Waals surface area contributed by atoms with Gasteiger partial charge >= 0.3 is 0 Å². The van der Waals surface area contributed by atoms with Crippen LogP contribution in [0.4, 0.5) is 0 Å². The summed E-state index contributed by atoms with van der Waals surface area (Å²) in [4.78, 5) is 0. The van der Waals surface area contributed by atoms with Crippen molar-refractivity contribution in [3.8, 4) is 0 Å². The highest BCUT2D eigenvalue weighted by Gasteiger charge is 2.54. The van der Waals surface area contributed by atoms with E-state index in [2.05, 4.69) is 26.0 Å². The van der Waals surface area contributed by atoms with E-state index in [1.165, 1.54) is 5.56 Å². The van der Waals surface area contributed by atoms with Crippen molar-refractivity contribution in [2.75, 3.05) is 0 Å². The summed E-state index contributed by atoms with van der Waals surface area (Å²) in [5.41, 5.74) is 1.19. The van der Waals surface area contributed by atoms with E-state index in [1.54, 1.807) is 0 Å². The van der Waals surface area contributed by atoms with E-state index in [1.807, 2.05) is 32.0 Å². The van der Waals surface area contributed by atoms with E-state index in [0.717, 1.165) is 19.3 Å². The first-order chi connectivity index (χ1) is 11.5. The van der Waals surface area contributed by atoms with Crippen LogP contribution < -0.4 is 0 Å². The third-order valence-corrected chi connectivity index (χ3v) is 4.93. The highest BCUT2D eigenvalue weighted by molar-refractivity contribution is 5.13. The molecule has 2 heterocycles. The number of benzene rings is 1. The van der Waals surface area contributed by atoms with Gasteiger partial charge in [0.1, 0.15) is 6.10 Å². The fourth-order valence-electron chi connectivity index (χ4n) is 3.64. The van der Waals surface area contributed by atoms with Gasteiger partial charge in [0.25, 0.3) is 0 Å². The van der Waals surface area contributed by atoms with Crippen molar-refractivity contribution in [2.24, 2.45) is 5.92 Å². The van der Waals surface area contributed by atoms with Crippen molar-refractivity contribution in [2.45, 2.75) is 84.0 Å². The zero-order chi connectivity index (χ0) is 17.2. The lowest BCUT2D eigenvalue weighted by molar-refractivity contribution is -0.224. The third kappa shape index (κ3) is 3.99. The Kier molecular flexibility index (Phi) is 5.60. The van der Waals surface area contributed by atoms with E-state index < -0.39 is 5.79 Å². The minimum atomic E-state index is -0.557. The van der Waals surface area contributed by atoms with E-state index in [4.69, 9.17) is 18.9 Å². The molecule has 0 aromatic heterocycles. The van der Waals surface area contributed by atoms with E-state index in [0.29, 0.717) is 6.61 Å². The van der Waals surface area contributed by atoms with Crippen molar-refractivity contribution in [1.29, 1.82) is 0 Å². The average Bonchev–Trinajstić information content (AvgIpc) is 3.02. The van der Waals surface area contributed by atoms with E-state index in [9.17, 15) is 0 Å². The van der Waals surface area contributed by atoms with Gasteiger partial charge in [0.15, 0.2) is 12.1 Å². The zero-order valence-corrected chi connectivity index (χ0v) is 15.2. The van der Waals surface area contributed by atoms with Crippen LogP contribution in [0.2, 0.25) is 0 Å². The molecule has 5 atom stereocenters. The molecule has 0 saturated carbocycles. The predicted octanol–water partition coefficient (Wildman–Crippen LogP) is 4.27. The molecule has 2 saturated heterocycles. The quantitative estimate of drug-likeness (QED) is 0.746. The van der Waals surface area contributed by atoms with Gasteiger partial charge in [-0.2, -0.15) is 0 Å². The molecular formula is C20H30O4. The molecule has 0 bridgehead atoms. The Labute approximate surface area is 145 Å². The topological polar surface area (TPSA) is 36.9 Å². The molecule has 4 heteroatoms. The molecule has 2 aliphatic rings. The summed E-state index contributed by atoms with van der Waals surface area (Å²) in [5, 5.41) is 0. The average molecular weight is 334 g/mol. The molecule has 0 N–H and O–H groups in total. The number of ether oxygens (including phenoxy) is 4. The van der Waals surface area contributed by atoms with Crippen LogP contribution in [-0.4, -0.2) is 30.4 Å². The largest absolute Gasteiger partial charge is 0.371 e. The highest BCUT2D eigenvalue weighted by Crippen LogP contribution is 2.42. The van der Waals surface area contributed by atoms with Crippen LogP contribution in [0.1, 0.15) is 52.5 Å². The predicted molar refractivity (Wildman–Crippen MR) is 92.4 cm³/mol. The third-order valence-electron chi connectivity index (χ3n) is 4.93. The van der Waals surface area contributed by atoms with Gasteiger partial charge in [-0.25, -0.2) is 0 Å². The van der Waals surface area contributed by atoms with Gasteiger partial charge < -0.3 is 18.9 Å². The molecule has 1 unspecified atom stereocenters. The molecule has 0 aliphatic carbocycles. The van der Waals surface area contributed by atoms with Crippen LogP contribution >= 0.6 is 0 Å². The maximum absolute atomic E-state index is 6.27. The summed E-state index contributed by atoms with van der Waals surface area (Å²) in [5.74, 6) is -0.298. The monoisotopic (exact) mass is 334 g/mol. The summed E-state index contributed by atoms with van der Waals surface area (Å²) < 4.78 is 24.4. The molecule has 134 valence electrons. The molecule has 3 rings (SSSR count). The SMILES string of the molecule is CCCC[C@@H](OCc1ccccc1)[C@H]1O[C@@H]2OC(C)(C)O[C@H]2C1C. The van der Waals surface area contributed by atoms with Crippen LogP contribution in [0.3, 0.4) is 0 Å². The molecule has 2 aliphatic heterocycles. The Morgan fingerprint density at radius 3 is 2.58 bits per heavy atom. The second-order valence-electron chi connectivity index (χ2n) is 7.41. The molecule has 0 spiro atoms. The lowest BCUT2D eigenvalue weighted by atomic mass is 9.94. The fourth-order valence-corrected chi connectivity index (χ4v) is 3.64. The van der Waals surface area contributed by atoms with Crippen molar-refractivity contribution < 1.29 is 18.9 Å². The van der Waals surface area contributed by atoms with Crippen molar-refractivity contribution in [3.63, 3.8) is 0 Å². The smallest absolute Gasteiger partial charge is 0.187 e. The summed E-state index contributed by atoms with van der Waals surface area (Å²) in [6.45, 7) is 8.89. The van der Waals surface area contributed by atoms with Crippen LogP contribution in [0, 0.1) is 5.92 Å². The van der Waals surface area contributed by atoms with Gasteiger partial charge in [0, 0.05) is 5.92 Å². The van der Waals surface area contributed by atoms with Gasteiger partial charge in [-0.15, -0.1) is 0 Å². The minimum Gasteiger partial charge on any atom is -0.371 e. The van der Waals surface area contributed by atoms with E-state index >= 15 is 0 Å². The van der Waals surface area contributed by atoms with Gasteiger partial charge in [0.2, 0.25) is 0 Å². The van der Waals surface area contributed by atoms with Crippen LogP contribution in [0.5, 0.6) is 0 Å². The van der Waals surface area contributed by atoms with Crippen LogP contribution in [-0.2, 0) is 25.6 Å². The van der Waals surface area contributed by atoms with Crippen molar-refractivity contribution >= 4 is 0 Å². The Hall–Kier alpha value is -0.940. The Morgan fingerprint density at radius 1 is 1.17 bits per heavy atom. The number of fused-ring (bicyclic) bond motifs is 1. The first-order valence-corrected chi connectivity index (χ1v) is 9.17. The summed E-state index contributed by atoms with van der Waals surface area (Å²) in [6, 6.07) is 10.3. The Bertz CT molecular complexity index is 516. The highest BCUT2D eigenvalue weighted by atomic mass is 16.8. The molecule has 24 heavy (non-hydrogen) atoms. The molecule has 1 aromatic rings. The molecule has 2 fully saturated rings. The molecule has 4 nitrogen and oxygen atoms in total. The summed E-state index contributed by atoms with van der Waals surface area (Å²) >= 11 is 0. The fraction of sp³-hybridized carbons (Fsp3) is 0.700. The maximum atomic E-state index is 6.27. The standard InChI is InChI=1S/C20H30O4/c1-5-6-12-16(21-13-15-10-8-7-9-11-15)17-14(2)18-19(22-17)24-20(3,4)23-18/h7-11,14,16-19H,5-6,12-13H2,1-4H3/t14?,16-,17+,18+,19-/m1/s1. The number of unbranched alkanes of at least 4 members (excludes halogenated alkanes) is 1. The summed E-state index contributed by atoms with van der Waals surface area (Å²) in [7, 11) is 0. The molecule has 0 amide bonds. The van der Waals surface area contributed by atoms with Crippen LogP contribution in [0.25, 0.3) is 0 Å². The van der Waals surface area contributed by atoms with Crippen LogP contribution in [0.15, 0.2) is 30.3 Å².